The van der Waals surface area contributed by atoms with Crippen LogP contribution in [0.4, 0.5) is 0 Å². The third-order valence-corrected chi connectivity index (χ3v) is 5.53. The lowest BCUT2D eigenvalue weighted by Crippen LogP contribution is -2.47. The van der Waals surface area contributed by atoms with Gasteiger partial charge in [0.1, 0.15) is 5.60 Å². The van der Waals surface area contributed by atoms with E-state index in [0.717, 1.165) is 24.0 Å². The van der Waals surface area contributed by atoms with Crippen molar-refractivity contribution < 1.29 is 24.1 Å². The zero-order chi connectivity index (χ0) is 20.1. The zero-order valence-electron chi connectivity index (χ0n) is 16.2. The Labute approximate surface area is 170 Å². The Morgan fingerprint density at radius 1 is 1.10 bits per heavy atom. The second-order valence-corrected chi connectivity index (χ2v) is 7.34. The Balaban J connectivity index is 1.43. The highest BCUT2D eigenvalue weighted by Gasteiger charge is 2.39. The van der Waals surface area contributed by atoms with E-state index in [9.17, 15) is 9.90 Å². The summed E-state index contributed by atoms with van der Waals surface area (Å²) in [5, 5.41) is 14.4. The number of amides is 1. The average molecular weight is 395 g/mol. The van der Waals surface area contributed by atoms with E-state index in [2.05, 4.69) is 5.32 Å². The van der Waals surface area contributed by atoms with Gasteiger partial charge in [-0.15, -0.1) is 0 Å². The van der Waals surface area contributed by atoms with E-state index in [1.165, 1.54) is 6.08 Å². The summed E-state index contributed by atoms with van der Waals surface area (Å²) in [5.74, 6) is 1.14. The number of nitrogens with one attached hydrogen (secondary N) is 1. The smallest absolute Gasteiger partial charge is 0.244 e. The van der Waals surface area contributed by atoms with Gasteiger partial charge in [0.05, 0.1) is 6.54 Å². The fraction of sp³-hybridized carbons (Fsp3) is 0.348. The molecule has 1 unspecified atom stereocenters. The molecule has 6 nitrogen and oxygen atoms in total. The maximum absolute atomic E-state index is 12.4. The van der Waals surface area contributed by atoms with E-state index in [0.29, 0.717) is 24.7 Å². The van der Waals surface area contributed by atoms with Crippen LogP contribution in [0.25, 0.3) is 6.08 Å². The minimum Gasteiger partial charge on any atom is -0.454 e. The molecule has 0 saturated carbocycles. The molecule has 1 amide bonds. The summed E-state index contributed by atoms with van der Waals surface area (Å²) in [6, 6.07) is 15.0. The van der Waals surface area contributed by atoms with E-state index >= 15 is 0 Å². The van der Waals surface area contributed by atoms with Gasteiger partial charge in [-0.3, -0.25) is 4.79 Å². The first kappa shape index (κ1) is 19.5. The Kier molecular flexibility index (Phi) is 5.83. The topological polar surface area (TPSA) is 77.0 Å². The summed E-state index contributed by atoms with van der Waals surface area (Å²) in [5.41, 5.74) is 0.520. The molecular weight excluding hydrogens is 370 g/mol. The van der Waals surface area contributed by atoms with Crippen molar-refractivity contribution in [2.75, 3.05) is 26.6 Å². The Morgan fingerprint density at radius 3 is 2.66 bits per heavy atom. The molecule has 1 atom stereocenters. The lowest BCUT2D eigenvalue weighted by Gasteiger charge is -2.39. The Morgan fingerprint density at radius 2 is 1.86 bits per heavy atom. The fourth-order valence-electron chi connectivity index (χ4n) is 3.85. The minimum atomic E-state index is -1.13. The van der Waals surface area contributed by atoms with Crippen molar-refractivity contribution in [2.45, 2.75) is 18.4 Å². The molecule has 152 valence electrons. The predicted molar refractivity (Wildman–Crippen MR) is 108 cm³/mol. The zero-order valence-corrected chi connectivity index (χ0v) is 16.2. The highest BCUT2D eigenvalue weighted by Crippen LogP contribution is 2.36. The van der Waals surface area contributed by atoms with E-state index in [1.54, 1.807) is 6.08 Å². The molecule has 2 aliphatic rings. The van der Waals surface area contributed by atoms with Gasteiger partial charge in [0.25, 0.3) is 0 Å². The standard InChI is InChI=1S/C23H25NO5/c25-22(9-7-17-6-8-20-21(14-17)29-16-28-20)24-15-23(26,18-4-2-1-3-5-18)19-10-12-27-13-11-19/h1-9,14,19,26H,10-13,15-16H2,(H,24,25)/b9-7+. The van der Waals surface area contributed by atoms with Gasteiger partial charge in [-0.25, -0.2) is 0 Å². The number of fused-ring (bicyclic) bond motifs is 1. The van der Waals surface area contributed by atoms with Crippen molar-refractivity contribution in [3.05, 3.63) is 65.7 Å². The molecule has 0 spiro atoms. The lowest BCUT2D eigenvalue weighted by atomic mass is 9.77. The second kappa shape index (κ2) is 8.68. The number of rotatable bonds is 6. The van der Waals surface area contributed by atoms with E-state index in [1.807, 2.05) is 48.5 Å². The van der Waals surface area contributed by atoms with Crippen LogP contribution in [0, 0.1) is 5.92 Å². The Bertz CT molecular complexity index is 876. The van der Waals surface area contributed by atoms with E-state index < -0.39 is 5.60 Å². The largest absolute Gasteiger partial charge is 0.454 e. The van der Waals surface area contributed by atoms with Gasteiger partial charge in [0.15, 0.2) is 11.5 Å². The molecule has 1 fully saturated rings. The van der Waals surface area contributed by atoms with Crippen molar-refractivity contribution in [1.82, 2.24) is 5.32 Å². The SMILES string of the molecule is O=C(/C=C/c1ccc2c(c1)OCO2)NCC(O)(c1ccccc1)C1CCOCC1. The van der Waals surface area contributed by atoms with Crippen LogP contribution >= 0.6 is 0 Å². The number of hydrogen-bond donors (Lipinski definition) is 2. The third-order valence-electron chi connectivity index (χ3n) is 5.53. The molecular formula is C23H25NO5. The molecule has 2 aromatic rings. The van der Waals surface area contributed by atoms with Crippen LogP contribution in [0.3, 0.4) is 0 Å². The summed E-state index contributed by atoms with van der Waals surface area (Å²) in [7, 11) is 0. The molecule has 2 aliphatic heterocycles. The molecule has 2 aromatic carbocycles. The van der Waals surface area contributed by atoms with Crippen LogP contribution in [-0.2, 0) is 15.1 Å². The van der Waals surface area contributed by atoms with Crippen LogP contribution in [-0.4, -0.2) is 37.6 Å². The summed E-state index contributed by atoms with van der Waals surface area (Å²) in [4.78, 5) is 12.4. The normalized spacial score (nSPS) is 18.5. The Hall–Kier alpha value is -2.83. The first-order chi connectivity index (χ1) is 14.1. The first-order valence-corrected chi connectivity index (χ1v) is 9.86. The van der Waals surface area contributed by atoms with Gasteiger partial charge in [0.2, 0.25) is 12.7 Å². The number of carbonyl (C=O) groups excluding carboxylic acids is 1. The molecule has 6 heteroatoms. The number of hydrogen-bond acceptors (Lipinski definition) is 5. The van der Waals surface area contributed by atoms with Gasteiger partial charge in [-0.1, -0.05) is 36.4 Å². The van der Waals surface area contributed by atoms with Gasteiger partial charge in [-0.2, -0.15) is 0 Å². The van der Waals surface area contributed by atoms with Gasteiger partial charge < -0.3 is 24.6 Å². The van der Waals surface area contributed by atoms with Crippen molar-refractivity contribution >= 4 is 12.0 Å². The number of benzene rings is 2. The highest BCUT2D eigenvalue weighted by atomic mass is 16.7. The fourth-order valence-corrected chi connectivity index (χ4v) is 3.85. The maximum Gasteiger partial charge on any atom is 0.244 e. The number of carbonyl (C=O) groups is 1. The summed E-state index contributed by atoms with van der Waals surface area (Å²) >= 11 is 0. The van der Waals surface area contributed by atoms with Gasteiger partial charge in [0, 0.05) is 19.3 Å². The number of ether oxygens (including phenoxy) is 3. The summed E-state index contributed by atoms with van der Waals surface area (Å²) in [6.07, 6.45) is 4.70. The van der Waals surface area contributed by atoms with Crippen LogP contribution in [0.2, 0.25) is 0 Å². The van der Waals surface area contributed by atoms with Crippen LogP contribution < -0.4 is 14.8 Å². The van der Waals surface area contributed by atoms with Crippen LogP contribution in [0.15, 0.2) is 54.6 Å². The predicted octanol–water partition coefficient (Wildman–Crippen LogP) is 2.86. The molecule has 2 heterocycles. The van der Waals surface area contributed by atoms with E-state index in [4.69, 9.17) is 14.2 Å². The van der Waals surface area contributed by atoms with Crippen molar-refractivity contribution in [1.29, 1.82) is 0 Å². The molecule has 4 rings (SSSR count). The van der Waals surface area contributed by atoms with Gasteiger partial charge in [-0.05, 0) is 48.1 Å². The van der Waals surface area contributed by atoms with Crippen molar-refractivity contribution in [2.24, 2.45) is 5.92 Å². The molecule has 0 aromatic heterocycles. The molecule has 0 aliphatic carbocycles. The molecule has 1 saturated heterocycles. The van der Waals surface area contributed by atoms with Crippen LogP contribution in [0.1, 0.15) is 24.0 Å². The average Bonchev–Trinajstić information content (AvgIpc) is 3.25. The van der Waals surface area contributed by atoms with Gasteiger partial charge >= 0.3 is 0 Å². The first-order valence-electron chi connectivity index (χ1n) is 9.86. The molecule has 0 bridgehead atoms. The molecule has 2 N–H and O–H groups in total. The molecule has 29 heavy (non-hydrogen) atoms. The lowest BCUT2D eigenvalue weighted by molar-refractivity contribution is -0.119. The minimum absolute atomic E-state index is 0.0248. The third kappa shape index (κ3) is 4.44. The molecule has 0 radical (unpaired) electrons. The van der Waals surface area contributed by atoms with Crippen LogP contribution in [0.5, 0.6) is 11.5 Å². The van der Waals surface area contributed by atoms with Crippen molar-refractivity contribution in [3.8, 4) is 11.5 Å². The summed E-state index contributed by atoms with van der Waals surface area (Å²) < 4.78 is 16.1. The monoisotopic (exact) mass is 395 g/mol. The maximum atomic E-state index is 12.4. The second-order valence-electron chi connectivity index (χ2n) is 7.34. The van der Waals surface area contributed by atoms with E-state index in [-0.39, 0.29) is 25.2 Å². The quantitative estimate of drug-likeness (QED) is 0.736. The highest BCUT2D eigenvalue weighted by molar-refractivity contribution is 5.91. The van der Waals surface area contributed by atoms with Crippen molar-refractivity contribution in [3.63, 3.8) is 0 Å². The summed E-state index contributed by atoms with van der Waals surface area (Å²) in [6.45, 7) is 1.61. The number of aliphatic hydroxyl groups is 1.